The van der Waals surface area contributed by atoms with Crippen molar-refractivity contribution in [2.45, 2.75) is 19.6 Å². The Morgan fingerprint density at radius 3 is 2.70 bits per heavy atom. The molecule has 0 unspecified atom stereocenters. The first-order valence-electron chi connectivity index (χ1n) is 7.07. The van der Waals surface area contributed by atoms with E-state index in [-0.39, 0.29) is 0 Å². The van der Waals surface area contributed by atoms with Gasteiger partial charge in [0, 0.05) is 37.3 Å². The van der Waals surface area contributed by atoms with Crippen molar-refractivity contribution in [3.8, 4) is 5.75 Å². The van der Waals surface area contributed by atoms with Crippen LogP contribution in [0.5, 0.6) is 5.75 Å². The Morgan fingerprint density at radius 1 is 1.05 bits per heavy atom. The summed E-state index contributed by atoms with van der Waals surface area (Å²) in [7, 11) is 0. The van der Waals surface area contributed by atoms with Crippen molar-refractivity contribution >= 4 is 0 Å². The van der Waals surface area contributed by atoms with Crippen LogP contribution in [0.2, 0.25) is 0 Å². The average molecular weight is 268 g/mol. The average Bonchev–Trinajstić information content (AvgIpc) is 2.69. The molecule has 2 aromatic rings. The normalized spacial score (nSPS) is 15.2. The molecule has 3 rings (SSSR count). The molecule has 3 nitrogen and oxygen atoms in total. The van der Waals surface area contributed by atoms with Crippen molar-refractivity contribution in [3.63, 3.8) is 0 Å². The van der Waals surface area contributed by atoms with Gasteiger partial charge in [0.05, 0.1) is 0 Å². The number of benzene rings is 2. The number of nitrogens with two attached hydrogens (primary N) is 1. The Morgan fingerprint density at radius 2 is 1.90 bits per heavy atom. The first kappa shape index (κ1) is 13.2. The third-order valence-corrected chi connectivity index (χ3v) is 3.69. The van der Waals surface area contributed by atoms with Crippen LogP contribution in [0.25, 0.3) is 0 Å². The summed E-state index contributed by atoms with van der Waals surface area (Å²) >= 11 is 0. The van der Waals surface area contributed by atoms with E-state index >= 15 is 0 Å². The fourth-order valence-corrected chi connectivity index (χ4v) is 2.68. The standard InChI is InChI=1S/C17H20N2O/c18-11-15-7-4-8-16-13-19(9-10-20-17(15)16)12-14-5-2-1-3-6-14/h1-8H,9-13,18H2. The Hall–Kier alpha value is -1.84. The molecule has 0 atom stereocenters. The van der Waals surface area contributed by atoms with Crippen LogP contribution in [0.3, 0.4) is 0 Å². The number of para-hydroxylation sites is 1. The molecule has 1 aliphatic heterocycles. The molecule has 0 spiro atoms. The molecule has 0 bridgehead atoms. The summed E-state index contributed by atoms with van der Waals surface area (Å²) < 4.78 is 5.92. The maximum absolute atomic E-state index is 5.92. The molecule has 0 aliphatic carbocycles. The Balaban J connectivity index is 1.80. The number of fused-ring (bicyclic) bond motifs is 1. The van der Waals surface area contributed by atoms with Crippen molar-refractivity contribution in [3.05, 3.63) is 65.2 Å². The van der Waals surface area contributed by atoms with Gasteiger partial charge in [0.15, 0.2) is 0 Å². The van der Waals surface area contributed by atoms with E-state index in [9.17, 15) is 0 Å². The zero-order valence-electron chi connectivity index (χ0n) is 11.6. The lowest BCUT2D eigenvalue weighted by molar-refractivity contribution is 0.219. The van der Waals surface area contributed by atoms with E-state index in [1.807, 2.05) is 6.07 Å². The van der Waals surface area contributed by atoms with Crippen LogP contribution in [0.4, 0.5) is 0 Å². The van der Waals surface area contributed by atoms with Gasteiger partial charge in [-0.05, 0) is 5.56 Å². The van der Waals surface area contributed by atoms with Gasteiger partial charge < -0.3 is 10.5 Å². The maximum Gasteiger partial charge on any atom is 0.128 e. The predicted molar refractivity (Wildman–Crippen MR) is 80.4 cm³/mol. The van der Waals surface area contributed by atoms with Gasteiger partial charge in [-0.15, -0.1) is 0 Å². The van der Waals surface area contributed by atoms with E-state index in [4.69, 9.17) is 10.5 Å². The highest BCUT2D eigenvalue weighted by Crippen LogP contribution is 2.27. The molecule has 0 saturated heterocycles. The Labute approximate surface area is 120 Å². The molecule has 3 heteroatoms. The SMILES string of the molecule is NCc1cccc2c1OCCN(Cc1ccccc1)C2. The van der Waals surface area contributed by atoms with Gasteiger partial charge in [0.2, 0.25) is 0 Å². The van der Waals surface area contributed by atoms with E-state index in [1.54, 1.807) is 0 Å². The van der Waals surface area contributed by atoms with Gasteiger partial charge in [-0.1, -0.05) is 48.5 Å². The highest BCUT2D eigenvalue weighted by molar-refractivity contribution is 5.42. The van der Waals surface area contributed by atoms with Gasteiger partial charge in [-0.3, -0.25) is 4.90 Å². The third-order valence-electron chi connectivity index (χ3n) is 3.69. The van der Waals surface area contributed by atoms with E-state index in [0.29, 0.717) is 6.54 Å². The van der Waals surface area contributed by atoms with E-state index < -0.39 is 0 Å². The van der Waals surface area contributed by atoms with Gasteiger partial charge in [-0.25, -0.2) is 0 Å². The molecule has 0 radical (unpaired) electrons. The second kappa shape index (κ2) is 6.07. The van der Waals surface area contributed by atoms with Crippen molar-refractivity contribution in [1.82, 2.24) is 4.90 Å². The molecule has 104 valence electrons. The largest absolute Gasteiger partial charge is 0.492 e. The van der Waals surface area contributed by atoms with Crippen molar-refractivity contribution in [2.75, 3.05) is 13.2 Å². The van der Waals surface area contributed by atoms with Gasteiger partial charge in [0.1, 0.15) is 12.4 Å². The quantitative estimate of drug-likeness (QED) is 0.929. The molecule has 1 aliphatic rings. The van der Waals surface area contributed by atoms with Crippen LogP contribution in [-0.2, 0) is 19.6 Å². The van der Waals surface area contributed by atoms with E-state index in [1.165, 1.54) is 11.1 Å². The fourth-order valence-electron chi connectivity index (χ4n) is 2.68. The van der Waals surface area contributed by atoms with E-state index in [0.717, 1.165) is 37.6 Å². The van der Waals surface area contributed by atoms with Crippen molar-refractivity contribution in [2.24, 2.45) is 5.73 Å². The minimum atomic E-state index is 0.530. The summed E-state index contributed by atoms with van der Waals surface area (Å²) in [4.78, 5) is 2.42. The Kier molecular flexibility index (Phi) is 4.00. The molecule has 20 heavy (non-hydrogen) atoms. The summed E-state index contributed by atoms with van der Waals surface area (Å²) in [6, 6.07) is 16.8. The zero-order valence-corrected chi connectivity index (χ0v) is 11.6. The molecule has 2 N–H and O–H groups in total. The monoisotopic (exact) mass is 268 g/mol. The number of hydrogen-bond donors (Lipinski definition) is 1. The van der Waals surface area contributed by atoms with Crippen LogP contribution in [0.1, 0.15) is 16.7 Å². The molecule has 1 heterocycles. The smallest absolute Gasteiger partial charge is 0.128 e. The summed E-state index contributed by atoms with van der Waals surface area (Å²) in [5, 5.41) is 0. The third kappa shape index (κ3) is 2.84. The highest BCUT2D eigenvalue weighted by atomic mass is 16.5. The molecule has 0 amide bonds. The van der Waals surface area contributed by atoms with Gasteiger partial charge in [-0.2, -0.15) is 0 Å². The molecular weight excluding hydrogens is 248 g/mol. The number of nitrogens with zero attached hydrogens (tertiary/aromatic N) is 1. The predicted octanol–water partition coefficient (Wildman–Crippen LogP) is 2.54. The summed E-state index contributed by atoms with van der Waals surface area (Å²) in [5.74, 6) is 0.991. The second-order valence-electron chi connectivity index (χ2n) is 5.15. The minimum Gasteiger partial charge on any atom is -0.492 e. The molecular formula is C17H20N2O. The lowest BCUT2D eigenvalue weighted by Gasteiger charge is -2.19. The highest BCUT2D eigenvalue weighted by Gasteiger charge is 2.17. The summed E-state index contributed by atoms with van der Waals surface area (Å²) in [6.07, 6.45) is 0. The molecule has 0 aromatic heterocycles. The summed E-state index contributed by atoms with van der Waals surface area (Å²) in [5.41, 5.74) is 9.47. The van der Waals surface area contributed by atoms with Gasteiger partial charge >= 0.3 is 0 Å². The van der Waals surface area contributed by atoms with Gasteiger partial charge in [0.25, 0.3) is 0 Å². The first-order valence-corrected chi connectivity index (χ1v) is 7.07. The van der Waals surface area contributed by atoms with Crippen molar-refractivity contribution in [1.29, 1.82) is 0 Å². The van der Waals surface area contributed by atoms with Crippen LogP contribution >= 0.6 is 0 Å². The first-order chi connectivity index (χ1) is 9.86. The molecule has 2 aromatic carbocycles. The van der Waals surface area contributed by atoms with Crippen LogP contribution in [0.15, 0.2) is 48.5 Å². The zero-order chi connectivity index (χ0) is 13.8. The Bertz CT molecular complexity index is 568. The van der Waals surface area contributed by atoms with Crippen LogP contribution < -0.4 is 10.5 Å². The lowest BCUT2D eigenvalue weighted by Crippen LogP contribution is -2.25. The van der Waals surface area contributed by atoms with E-state index in [2.05, 4.69) is 47.4 Å². The van der Waals surface area contributed by atoms with Crippen molar-refractivity contribution < 1.29 is 4.74 Å². The fraction of sp³-hybridized carbons (Fsp3) is 0.294. The molecule has 0 fully saturated rings. The topological polar surface area (TPSA) is 38.5 Å². The number of rotatable bonds is 3. The maximum atomic E-state index is 5.92. The lowest BCUT2D eigenvalue weighted by atomic mass is 10.1. The molecule has 0 saturated carbocycles. The number of hydrogen-bond acceptors (Lipinski definition) is 3. The van der Waals surface area contributed by atoms with Crippen LogP contribution in [-0.4, -0.2) is 18.1 Å². The second-order valence-corrected chi connectivity index (χ2v) is 5.15. The minimum absolute atomic E-state index is 0.530. The number of ether oxygens (including phenoxy) is 1. The summed E-state index contributed by atoms with van der Waals surface area (Å²) in [6.45, 7) is 4.06. The van der Waals surface area contributed by atoms with Crippen LogP contribution in [0, 0.1) is 0 Å².